The van der Waals surface area contributed by atoms with Gasteiger partial charge >= 0.3 is 0 Å². The van der Waals surface area contributed by atoms with E-state index in [1.807, 2.05) is 39.8 Å². The molecule has 4 nitrogen and oxygen atoms in total. The summed E-state index contributed by atoms with van der Waals surface area (Å²) in [5, 5.41) is 3.29. The predicted octanol–water partition coefficient (Wildman–Crippen LogP) is 2.82. The molecule has 120 valence electrons. The molecule has 0 radical (unpaired) electrons. The highest BCUT2D eigenvalue weighted by molar-refractivity contribution is 7.89. The van der Waals surface area contributed by atoms with Gasteiger partial charge in [-0.25, -0.2) is 13.1 Å². The van der Waals surface area contributed by atoms with Gasteiger partial charge in [0.2, 0.25) is 10.0 Å². The van der Waals surface area contributed by atoms with E-state index in [2.05, 4.69) is 17.0 Å². The van der Waals surface area contributed by atoms with Crippen LogP contribution in [0.4, 0.5) is 0 Å². The highest BCUT2D eigenvalue weighted by atomic mass is 32.2. The van der Waals surface area contributed by atoms with Crippen molar-refractivity contribution in [1.82, 2.24) is 10.0 Å². The van der Waals surface area contributed by atoms with Crippen molar-refractivity contribution >= 4 is 10.0 Å². The van der Waals surface area contributed by atoms with Gasteiger partial charge in [-0.1, -0.05) is 39.8 Å². The minimum absolute atomic E-state index is 0.0821. The van der Waals surface area contributed by atoms with Crippen molar-refractivity contribution in [1.29, 1.82) is 0 Å². The van der Waals surface area contributed by atoms with Crippen LogP contribution < -0.4 is 10.0 Å². The second-order valence-corrected chi connectivity index (χ2v) is 8.40. The van der Waals surface area contributed by atoms with Crippen molar-refractivity contribution in [2.24, 2.45) is 5.41 Å². The van der Waals surface area contributed by atoms with E-state index in [1.165, 1.54) is 0 Å². The zero-order valence-electron chi connectivity index (χ0n) is 13.8. The van der Waals surface area contributed by atoms with E-state index in [1.54, 1.807) is 6.07 Å². The number of benzene rings is 1. The number of hydrogen-bond acceptors (Lipinski definition) is 3. The summed E-state index contributed by atoms with van der Waals surface area (Å²) in [4.78, 5) is 0.377. The van der Waals surface area contributed by atoms with Gasteiger partial charge in [0, 0.05) is 13.1 Å². The Morgan fingerprint density at radius 3 is 2.43 bits per heavy atom. The molecule has 0 amide bonds. The van der Waals surface area contributed by atoms with E-state index in [4.69, 9.17) is 0 Å². The lowest BCUT2D eigenvalue weighted by molar-refractivity contribution is 0.407. The Labute approximate surface area is 129 Å². The van der Waals surface area contributed by atoms with Crippen molar-refractivity contribution < 1.29 is 8.42 Å². The second-order valence-electron chi connectivity index (χ2n) is 6.66. The third-order valence-electron chi connectivity index (χ3n) is 3.09. The minimum atomic E-state index is -3.46. The first-order valence-corrected chi connectivity index (χ1v) is 8.94. The highest BCUT2D eigenvalue weighted by Crippen LogP contribution is 2.19. The van der Waals surface area contributed by atoms with Crippen LogP contribution in [0, 0.1) is 12.3 Å². The van der Waals surface area contributed by atoms with Gasteiger partial charge in [0.05, 0.1) is 4.90 Å². The summed E-state index contributed by atoms with van der Waals surface area (Å²) in [7, 11) is -3.46. The smallest absolute Gasteiger partial charge is 0.240 e. The maximum absolute atomic E-state index is 12.5. The lowest BCUT2D eigenvalue weighted by Gasteiger charge is -2.19. The van der Waals surface area contributed by atoms with Gasteiger partial charge in [0.25, 0.3) is 0 Å². The van der Waals surface area contributed by atoms with E-state index >= 15 is 0 Å². The zero-order valence-corrected chi connectivity index (χ0v) is 14.6. The molecule has 21 heavy (non-hydrogen) atoms. The van der Waals surface area contributed by atoms with Gasteiger partial charge in [-0.2, -0.15) is 0 Å². The number of nitrogens with one attached hydrogen (secondary N) is 2. The van der Waals surface area contributed by atoms with Crippen LogP contribution in [0.25, 0.3) is 0 Å². The molecule has 0 aliphatic heterocycles. The molecular weight excluding hydrogens is 284 g/mol. The quantitative estimate of drug-likeness (QED) is 0.761. The van der Waals surface area contributed by atoms with Crippen molar-refractivity contribution in [3.63, 3.8) is 0 Å². The molecule has 0 fully saturated rings. The Balaban J connectivity index is 2.92. The first kappa shape index (κ1) is 18.1. The van der Waals surface area contributed by atoms with Crippen LogP contribution in [0.5, 0.6) is 0 Å². The van der Waals surface area contributed by atoms with E-state index in [0.29, 0.717) is 18.0 Å². The molecule has 0 spiro atoms. The van der Waals surface area contributed by atoms with Crippen LogP contribution in [-0.2, 0) is 16.6 Å². The molecule has 0 bridgehead atoms. The Kier molecular flexibility index (Phi) is 6.38. The van der Waals surface area contributed by atoms with Gasteiger partial charge in [0.15, 0.2) is 0 Å². The Morgan fingerprint density at radius 1 is 1.19 bits per heavy atom. The summed E-state index contributed by atoms with van der Waals surface area (Å²) in [5.41, 5.74) is 1.68. The second kappa shape index (κ2) is 7.38. The molecule has 5 heteroatoms. The SMILES string of the molecule is CCCNCc1ccc(C)c(S(=O)(=O)NCC(C)(C)C)c1. The summed E-state index contributed by atoms with van der Waals surface area (Å²) in [6, 6.07) is 5.61. The Hall–Kier alpha value is -0.910. The normalized spacial score (nSPS) is 12.6. The minimum Gasteiger partial charge on any atom is -0.313 e. The topological polar surface area (TPSA) is 58.2 Å². The number of sulfonamides is 1. The van der Waals surface area contributed by atoms with Crippen LogP contribution in [-0.4, -0.2) is 21.5 Å². The molecule has 1 rings (SSSR count). The van der Waals surface area contributed by atoms with Gasteiger partial charge in [-0.05, 0) is 42.5 Å². The molecule has 2 N–H and O–H groups in total. The van der Waals surface area contributed by atoms with Crippen molar-refractivity contribution in [3.8, 4) is 0 Å². The maximum atomic E-state index is 12.5. The summed E-state index contributed by atoms with van der Waals surface area (Å²) in [6.07, 6.45) is 1.06. The summed E-state index contributed by atoms with van der Waals surface area (Å²) in [5.74, 6) is 0. The van der Waals surface area contributed by atoms with Crippen LogP contribution in [0.1, 0.15) is 45.2 Å². The fourth-order valence-corrected chi connectivity index (χ4v) is 3.42. The number of hydrogen-bond donors (Lipinski definition) is 2. The third-order valence-corrected chi connectivity index (χ3v) is 4.63. The molecule has 0 saturated heterocycles. The Bertz CT molecular complexity index is 560. The van der Waals surface area contributed by atoms with Gasteiger partial charge in [0.1, 0.15) is 0 Å². The lowest BCUT2D eigenvalue weighted by atomic mass is 9.98. The van der Waals surface area contributed by atoms with Gasteiger partial charge in [-0.3, -0.25) is 0 Å². The summed E-state index contributed by atoms with van der Waals surface area (Å²) in [6.45, 7) is 12.0. The molecule has 0 aliphatic rings. The fraction of sp³-hybridized carbons (Fsp3) is 0.625. The molecule has 0 aliphatic carbocycles. The molecule has 1 aromatic rings. The van der Waals surface area contributed by atoms with Crippen molar-refractivity contribution in [2.75, 3.05) is 13.1 Å². The van der Waals surface area contributed by atoms with Crippen LogP contribution >= 0.6 is 0 Å². The number of rotatable bonds is 7. The van der Waals surface area contributed by atoms with Gasteiger partial charge < -0.3 is 5.32 Å². The van der Waals surface area contributed by atoms with Crippen molar-refractivity contribution in [2.45, 2.75) is 52.5 Å². The molecular formula is C16H28N2O2S. The first-order chi connectivity index (χ1) is 9.65. The molecule has 0 saturated carbocycles. The standard InChI is InChI=1S/C16H28N2O2S/c1-6-9-17-11-14-8-7-13(2)15(10-14)21(19,20)18-12-16(3,4)5/h7-8,10,17-18H,6,9,11-12H2,1-5H3. The predicted molar refractivity (Wildman–Crippen MR) is 87.8 cm³/mol. The maximum Gasteiger partial charge on any atom is 0.240 e. The van der Waals surface area contributed by atoms with E-state index in [9.17, 15) is 8.42 Å². The average molecular weight is 312 g/mol. The zero-order chi connectivity index (χ0) is 16.1. The van der Waals surface area contributed by atoms with E-state index in [0.717, 1.165) is 24.1 Å². The average Bonchev–Trinajstić information content (AvgIpc) is 2.38. The molecule has 0 aromatic heterocycles. The van der Waals surface area contributed by atoms with E-state index in [-0.39, 0.29) is 5.41 Å². The Morgan fingerprint density at radius 2 is 1.86 bits per heavy atom. The summed E-state index contributed by atoms with van der Waals surface area (Å²) >= 11 is 0. The third kappa shape index (κ3) is 6.16. The van der Waals surface area contributed by atoms with Gasteiger partial charge in [-0.15, -0.1) is 0 Å². The molecule has 0 heterocycles. The highest BCUT2D eigenvalue weighted by Gasteiger charge is 2.20. The molecule has 1 aromatic carbocycles. The van der Waals surface area contributed by atoms with E-state index < -0.39 is 10.0 Å². The summed E-state index contributed by atoms with van der Waals surface area (Å²) < 4.78 is 27.6. The van der Waals surface area contributed by atoms with Crippen LogP contribution in [0.3, 0.4) is 0 Å². The lowest BCUT2D eigenvalue weighted by Crippen LogP contribution is -2.32. The molecule has 0 atom stereocenters. The fourth-order valence-electron chi connectivity index (χ4n) is 1.84. The van der Waals surface area contributed by atoms with Crippen molar-refractivity contribution in [3.05, 3.63) is 29.3 Å². The largest absolute Gasteiger partial charge is 0.313 e. The first-order valence-electron chi connectivity index (χ1n) is 7.45. The monoisotopic (exact) mass is 312 g/mol. The molecule has 0 unspecified atom stereocenters. The van der Waals surface area contributed by atoms with Crippen LogP contribution in [0.2, 0.25) is 0 Å². The van der Waals surface area contributed by atoms with Crippen LogP contribution in [0.15, 0.2) is 23.1 Å². The number of aryl methyl sites for hydroxylation is 1.